The highest BCUT2D eigenvalue weighted by Gasteiger charge is 2.21. The van der Waals surface area contributed by atoms with Crippen molar-refractivity contribution in [2.45, 2.75) is 12.3 Å². The van der Waals surface area contributed by atoms with E-state index in [-0.39, 0.29) is 5.92 Å². The van der Waals surface area contributed by atoms with Gasteiger partial charge in [0, 0.05) is 17.2 Å². The Labute approximate surface area is 135 Å². The van der Waals surface area contributed by atoms with Gasteiger partial charge >= 0.3 is 0 Å². The fourth-order valence-corrected chi connectivity index (χ4v) is 2.91. The summed E-state index contributed by atoms with van der Waals surface area (Å²) >= 11 is 0. The van der Waals surface area contributed by atoms with Crippen molar-refractivity contribution in [3.63, 3.8) is 0 Å². The third-order valence-electron chi connectivity index (χ3n) is 4.05. The smallest absolute Gasteiger partial charge is 0.168 e. The molecule has 0 saturated carbocycles. The van der Waals surface area contributed by atoms with Gasteiger partial charge in [-0.3, -0.25) is 4.57 Å². The van der Waals surface area contributed by atoms with E-state index in [1.807, 2.05) is 36.4 Å². The van der Waals surface area contributed by atoms with Crippen LogP contribution in [0.25, 0.3) is 17.1 Å². The Balaban J connectivity index is 1.89. The summed E-state index contributed by atoms with van der Waals surface area (Å²) < 4.78 is 2.17. The van der Waals surface area contributed by atoms with Crippen LogP contribution < -0.4 is 0 Å². The van der Waals surface area contributed by atoms with E-state index in [4.69, 9.17) is 0 Å². The zero-order valence-corrected chi connectivity index (χ0v) is 12.7. The van der Waals surface area contributed by atoms with Crippen LogP contribution in [-0.4, -0.2) is 14.8 Å². The van der Waals surface area contributed by atoms with Gasteiger partial charge in [0.15, 0.2) is 5.82 Å². The monoisotopic (exact) mass is 299 g/mol. The average molecular weight is 299 g/mol. The molecule has 112 valence electrons. The second-order valence-corrected chi connectivity index (χ2v) is 5.57. The lowest BCUT2D eigenvalue weighted by Gasteiger charge is -2.16. The molecule has 0 aliphatic heterocycles. The Bertz CT molecular complexity index is 845. The lowest BCUT2D eigenvalue weighted by Crippen LogP contribution is -2.08. The van der Waals surface area contributed by atoms with Crippen molar-refractivity contribution in [2.75, 3.05) is 0 Å². The molecule has 1 unspecified atom stereocenters. The number of hydrogen-bond donors (Lipinski definition) is 0. The van der Waals surface area contributed by atoms with Gasteiger partial charge in [-0.05, 0) is 18.6 Å². The van der Waals surface area contributed by atoms with Crippen LogP contribution in [0.4, 0.5) is 0 Å². The maximum absolute atomic E-state index is 4.52. The Morgan fingerprint density at radius 1 is 0.826 bits per heavy atom. The maximum atomic E-state index is 4.52. The zero-order chi connectivity index (χ0) is 15.5. The van der Waals surface area contributed by atoms with Gasteiger partial charge in [-0.15, -0.1) is 10.2 Å². The van der Waals surface area contributed by atoms with E-state index in [1.165, 1.54) is 0 Å². The van der Waals surface area contributed by atoms with Crippen LogP contribution in [0.3, 0.4) is 0 Å². The van der Waals surface area contributed by atoms with Crippen molar-refractivity contribution in [3.05, 3.63) is 90.8 Å². The molecule has 0 radical (unpaired) electrons. The van der Waals surface area contributed by atoms with E-state index in [0.29, 0.717) is 0 Å². The summed E-state index contributed by atoms with van der Waals surface area (Å²) in [5.41, 5.74) is 2.17. The van der Waals surface area contributed by atoms with E-state index < -0.39 is 0 Å². The molecule has 0 N–H and O–H groups in total. The highest BCUT2D eigenvalue weighted by Crippen LogP contribution is 2.30. The van der Waals surface area contributed by atoms with Crippen molar-refractivity contribution >= 4 is 0 Å². The minimum Gasteiger partial charge on any atom is -0.278 e. The molecule has 1 aromatic heterocycles. The molecule has 1 aliphatic carbocycles. The molecule has 3 aromatic rings. The van der Waals surface area contributed by atoms with E-state index >= 15 is 0 Å². The number of para-hydroxylation sites is 1. The van der Waals surface area contributed by atoms with E-state index in [9.17, 15) is 0 Å². The highest BCUT2D eigenvalue weighted by molar-refractivity contribution is 5.59. The predicted octanol–water partition coefficient (Wildman–Crippen LogP) is 4.53. The summed E-state index contributed by atoms with van der Waals surface area (Å²) in [5.74, 6) is 2.12. The van der Waals surface area contributed by atoms with Crippen molar-refractivity contribution < 1.29 is 0 Å². The van der Waals surface area contributed by atoms with Crippen LogP contribution in [0.2, 0.25) is 0 Å². The van der Waals surface area contributed by atoms with Gasteiger partial charge in [0.1, 0.15) is 5.82 Å². The first-order valence-electron chi connectivity index (χ1n) is 7.83. The average Bonchev–Trinajstić information content (AvgIpc) is 3.09. The maximum Gasteiger partial charge on any atom is 0.168 e. The summed E-state index contributed by atoms with van der Waals surface area (Å²) in [6.07, 6.45) is 9.49. The molecule has 0 bridgehead atoms. The third kappa shape index (κ3) is 2.61. The van der Waals surface area contributed by atoms with Crippen LogP contribution >= 0.6 is 0 Å². The van der Waals surface area contributed by atoms with Crippen molar-refractivity contribution in [1.29, 1.82) is 0 Å². The Kier molecular flexibility index (Phi) is 3.60. The molecule has 4 rings (SSSR count). The van der Waals surface area contributed by atoms with Crippen LogP contribution in [0.1, 0.15) is 18.2 Å². The predicted molar refractivity (Wildman–Crippen MR) is 92.4 cm³/mol. The molecule has 1 heterocycles. The molecule has 1 atom stereocenters. The standard InChI is InChI=1S/C20H17N3/c1-4-10-16(11-5-1)19-21-22-20(17-12-6-2-7-13-17)23(19)18-14-8-3-9-15-18/h1-12,14-15,17H,13H2. The second-order valence-electron chi connectivity index (χ2n) is 5.57. The van der Waals surface area contributed by atoms with Gasteiger partial charge in [0.25, 0.3) is 0 Å². The molecule has 0 fully saturated rings. The Morgan fingerprint density at radius 2 is 1.57 bits per heavy atom. The molecule has 0 saturated heterocycles. The lowest BCUT2D eigenvalue weighted by atomic mass is 10.00. The topological polar surface area (TPSA) is 30.7 Å². The number of aromatic nitrogens is 3. The van der Waals surface area contributed by atoms with Gasteiger partial charge in [-0.2, -0.15) is 0 Å². The van der Waals surface area contributed by atoms with Gasteiger partial charge in [0.2, 0.25) is 0 Å². The first-order chi connectivity index (χ1) is 11.4. The Morgan fingerprint density at radius 3 is 2.26 bits per heavy atom. The quantitative estimate of drug-likeness (QED) is 0.711. The summed E-state index contributed by atoms with van der Waals surface area (Å²) in [4.78, 5) is 0. The first-order valence-corrected chi connectivity index (χ1v) is 7.83. The molecule has 0 amide bonds. The molecular weight excluding hydrogens is 282 g/mol. The van der Waals surface area contributed by atoms with E-state index in [2.05, 4.69) is 63.3 Å². The SMILES string of the molecule is C1=CCC(c2nnc(-c3ccccc3)n2-c2ccccc2)C=C1. The van der Waals surface area contributed by atoms with Gasteiger partial charge < -0.3 is 0 Å². The minimum atomic E-state index is 0.255. The van der Waals surface area contributed by atoms with Crippen molar-refractivity contribution in [1.82, 2.24) is 14.8 Å². The van der Waals surface area contributed by atoms with Gasteiger partial charge in [-0.25, -0.2) is 0 Å². The normalized spacial score (nSPS) is 16.6. The molecular formula is C20H17N3. The molecule has 3 heteroatoms. The fraction of sp³-hybridized carbons (Fsp3) is 0.100. The molecule has 2 aromatic carbocycles. The summed E-state index contributed by atoms with van der Waals surface area (Å²) in [6, 6.07) is 20.5. The zero-order valence-electron chi connectivity index (χ0n) is 12.7. The fourth-order valence-electron chi connectivity index (χ4n) is 2.91. The van der Waals surface area contributed by atoms with E-state index in [1.54, 1.807) is 0 Å². The van der Waals surface area contributed by atoms with Crippen LogP contribution in [0.5, 0.6) is 0 Å². The largest absolute Gasteiger partial charge is 0.278 e. The van der Waals surface area contributed by atoms with Gasteiger partial charge in [0.05, 0.1) is 0 Å². The number of rotatable bonds is 3. The van der Waals surface area contributed by atoms with Crippen LogP contribution in [0, 0.1) is 0 Å². The van der Waals surface area contributed by atoms with E-state index in [0.717, 1.165) is 29.3 Å². The number of benzene rings is 2. The first kappa shape index (κ1) is 13.7. The number of hydrogen-bond acceptors (Lipinski definition) is 2. The van der Waals surface area contributed by atoms with Gasteiger partial charge in [-0.1, -0.05) is 72.8 Å². The Hall–Kier alpha value is -2.94. The summed E-state index contributed by atoms with van der Waals surface area (Å²) in [6.45, 7) is 0. The summed E-state index contributed by atoms with van der Waals surface area (Å²) in [5, 5.41) is 9.01. The molecule has 0 spiro atoms. The lowest BCUT2D eigenvalue weighted by molar-refractivity contribution is 0.746. The van der Waals surface area contributed by atoms with Crippen LogP contribution in [-0.2, 0) is 0 Å². The minimum absolute atomic E-state index is 0.255. The highest BCUT2D eigenvalue weighted by atomic mass is 15.3. The van der Waals surface area contributed by atoms with Crippen LogP contribution in [0.15, 0.2) is 85.0 Å². The van der Waals surface area contributed by atoms with Crippen molar-refractivity contribution in [3.8, 4) is 17.1 Å². The molecule has 23 heavy (non-hydrogen) atoms. The molecule has 3 nitrogen and oxygen atoms in total. The number of nitrogens with zero attached hydrogens (tertiary/aromatic N) is 3. The summed E-state index contributed by atoms with van der Waals surface area (Å²) in [7, 11) is 0. The third-order valence-corrected chi connectivity index (χ3v) is 4.05. The second kappa shape index (κ2) is 6.05. The molecule has 1 aliphatic rings. The van der Waals surface area contributed by atoms with Crippen molar-refractivity contribution in [2.24, 2.45) is 0 Å². The number of allylic oxidation sites excluding steroid dienone is 4.